The fourth-order valence-electron chi connectivity index (χ4n) is 2.08. The van der Waals surface area contributed by atoms with Gasteiger partial charge in [0.25, 0.3) is 10.0 Å². The minimum absolute atomic E-state index is 0.00210. The number of carbonyl (C=O) groups is 1. The van der Waals surface area contributed by atoms with Crippen molar-refractivity contribution in [3.63, 3.8) is 0 Å². The number of amides is 1. The smallest absolute Gasteiger partial charge is 0.271 e. The Labute approximate surface area is 156 Å². The quantitative estimate of drug-likeness (QED) is 0.629. The number of nitrogens with one attached hydrogen (secondary N) is 3. The molecule has 0 aliphatic heterocycles. The van der Waals surface area contributed by atoms with Crippen LogP contribution in [0.3, 0.4) is 0 Å². The van der Waals surface area contributed by atoms with Crippen molar-refractivity contribution in [1.82, 2.24) is 10.0 Å². The Hall–Kier alpha value is -1.95. The lowest BCUT2D eigenvalue weighted by Gasteiger charge is -2.11. The van der Waals surface area contributed by atoms with E-state index in [2.05, 4.69) is 14.8 Å². The fourth-order valence-corrected chi connectivity index (χ4v) is 5.42. The summed E-state index contributed by atoms with van der Waals surface area (Å²) in [5.41, 5.74) is 0.636. The SMILES string of the molecule is CNS(=O)(=O)c1cc(NS(=O)(=O)c2ccc(CNC(C)=O)s2)ccc1C. The molecule has 0 bridgehead atoms. The molecule has 8 nitrogen and oxygen atoms in total. The second kappa shape index (κ2) is 7.74. The summed E-state index contributed by atoms with van der Waals surface area (Å²) in [6.45, 7) is 3.24. The molecule has 2 aromatic rings. The standard InChI is InChI=1S/C15H19N3O5S3/c1-10-4-5-12(8-14(10)25(20,21)16-3)18-26(22,23)15-7-6-13(24-15)9-17-11(2)19/h4-8,16,18H,9H2,1-3H3,(H,17,19). The van der Waals surface area contributed by atoms with E-state index in [4.69, 9.17) is 0 Å². The summed E-state index contributed by atoms with van der Waals surface area (Å²) in [6.07, 6.45) is 0. The molecule has 0 aliphatic carbocycles. The van der Waals surface area contributed by atoms with E-state index in [1.165, 1.54) is 38.2 Å². The molecule has 0 radical (unpaired) electrons. The number of hydrogen-bond donors (Lipinski definition) is 3. The number of aryl methyl sites for hydroxylation is 1. The highest BCUT2D eigenvalue weighted by Gasteiger charge is 2.20. The van der Waals surface area contributed by atoms with Crippen LogP contribution in [0.25, 0.3) is 0 Å². The van der Waals surface area contributed by atoms with Crippen molar-refractivity contribution in [3.8, 4) is 0 Å². The Balaban J connectivity index is 2.27. The van der Waals surface area contributed by atoms with E-state index in [-0.39, 0.29) is 27.2 Å². The molecule has 0 unspecified atom stereocenters. The van der Waals surface area contributed by atoms with Crippen LogP contribution in [0, 0.1) is 6.92 Å². The van der Waals surface area contributed by atoms with Crippen LogP contribution in [-0.2, 0) is 31.4 Å². The zero-order chi connectivity index (χ0) is 19.5. The first-order chi connectivity index (χ1) is 12.0. The summed E-state index contributed by atoms with van der Waals surface area (Å²) in [5.74, 6) is -0.209. The lowest BCUT2D eigenvalue weighted by Crippen LogP contribution is -2.20. The van der Waals surface area contributed by atoms with Crippen LogP contribution >= 0.6 is 11.3 Å². The molecule has 1 aromatic carbocycles. The molecule has 0 saturated carbocycles. The average Bonchev–Trinajstić information content (AvgIpc) is 3.04. The topological polar surface area (TPSA) is 121 Å². The summed E-state index contributed by atoms with van der Waals surface area (Å²) in [7, 11) is -6.29. The summed E-state index contributed by atoms with van der Waals surface area (Å²) >= 11 is 1.02. The van der Waals surface area contributed by atoms with Crippen molar-refractivity contribution in [2.45, 2.75) is 29.5 Å². The predicted octanol–water partition coefficient (Wildman–Crippen LogP) is 1.40. The summed E-state index contributed by atoms with van der Waals surface area (Å²) in [6, 6.07) is 7.33. The van der Waals surface area contributed by atoms with Gasteiger partial charge in [-0.1, -0.05) is 6.07 Å². The molecular weight excluding hydrogens is 398 g/mol. The van der Waals surface area contributed by atoms with Gasteiger partial charge in [0.2, 0.25) is 15.9 Å². The lowest BCUT2D eigenvalue weighted by molar-refractivity contribution is -0.119. The fraction of sp³-hybridized carbons (Fsp3) is 0.267. The highest BCUT2D eigenvalue weighted by atomic mass is 32.2. The zero-order valence-electron chi connectivity index (χ0n) is 14.4. The van der Waals surface area contributed by atoms with E-state index >= 15 is 0 Å². The maximum Gasteiger partial charge on any atom is 0.271 e. The molecule has 0 aliphatic rings. The first-order valence-corrected chi connectivity index (χ1v) is 11.2. The van der Waals surface area contributed by atoms with Gasteiger partial charge in [0.15, 0.2) is 0 Å². The third-order valence-electron chi connectivity index (χ3n) is 3.41. The van der Waals surface area contributed by atoms with Crippen LogP contribution in [-0.4, -0.2) is 29.8 Å². The first-order valence-electron chi connectivity index (χ1n) is 7.45. The minimum atomic E-state index is -3.87. The van der Waals surface area contributed by atoms with Crippen molar-refractivity contribution in [2.24, 2.45) is 0 Å². The number of sulfonamides is 2. The second-order valence-corrected chi connectivity index (χ2v) is 10.4. The van der Waals surface area contributed by atoms with Crippen LogP contribution in [0.15, 0.2) is 39.4 Å². The molecular formula is C15H19N3O5S3. The van der Waals surface area contributed by atoms with Crippen molar-refractivity contribution in [2.75, 3.05) is 11.8 Å². The van der Waals surface area contributed by atoms with Gasteiger partial charge in [-0.05, 0) is 43.8 Å². The molecule has 26 heavy (non-hydrogen) atoms. The van der Waals surface area contributed by atoms with Gasteiger partial charge in [0, 0.05) is 11.8 Å². The van der Waals surface area contributed by atoms with Crippen LogP contribution < -0.4 is 14.8 Å². The zero-order valence-corrected chi connectivity index (χ0v) is 16.8. The average molecular weight is 418 g/mol. The van der Waals surface area contributed by atoms with Gasteiger partial charge in [-0.25, -0.2) is 21.6 Å². The third-order valence-corrected chi connectivity index (χ3v) is 7.93. The molecule has 142 valence electrons. The molecule has 2 rings (SSSR count). The molecule has 1 amide bonds. The highest BCUT2D eigenvalue weighted by molar-refractivity contribution is 7.94. The number of thiophene rings is 1. The van der Waals surface area contributed by atoms with E-state index in [0.29, 0.717) is 10.4 Å². The van der Waals surface area contributed by atoms with Crippen molar-refractivity contribution < 1.29 is 21.6 Å². The number of benzene rings is 1. The molecule has 1 aromatic heterocycles. The lowest BCUT2D eigenvalue weighted by atomic mass is 10.2. The Bertz CT molecular complexity index is 1030. The van der Waals surface area contributed by atoms with E-state index in [0.717, 1.165) is 11.3 Å². The number of rotatable bonds is 7. The maximum absolute atomic E-state index is 12.5. The Morgan fingerprint density at radius 1 is 1.08 bits per heavy atom. The van der Waals surface area contributed by atoms with E-state index < -0.39 is 20.0 Å². The number of hydrogen-bond acceptors (Lipinski definition) is 6. The van der Waals surface area contributed by atoms with E-state index in [9.17, 15) is 21.6 Å². The van der Waals surface area contributed by atoms with Crippen molar-refractivity contribution in [1.29, 1.82) is 0 Å². The maximum atomic E-state index is 12.5. The van der Waals surface area contributed by atoms with E-state index in [1.54, 1.807) is 13.0 Å². The Morgan fingerprint density at radius 2 is 1.77 bits per heavy atom. The summed E-state index contributed by atoms with van der Waals surface area (Å²) in [5, 5.41) is 2.60. The first kappa shape index (κ1) is 20.4. The van der Waals surface area contributed by atoms with Gasteiger partial charge in [-0.3, -0.25) is 9.52 Å². The van der Waals surface area contributed by atoms with Crippen LogP contribution in [0.5, 0.6) is 0 Å². The number of carbonyl (C=O) groups excluding carboxylic acids is 1. The summed E-state index contributed by atoms with van der Waals surface area (Å²) < 4.78 is 53.7. The highest BCUT2D eigenvalue weighted by Crippen LogP contribution is 2.26. The van der Waals surface area contributed by atoms with Gasteiger partial charge >= 0.3 is 0 Å². The molecule has 0 fully saturated rings. The van der Waals surface area contributed by atoms with Crippen LogP contribution in [0.4, 0.5) is 5.69 Å². The minimum Gasteiger partial charge on any atom is -0.351 e. The van der Waals surface area contributed by atoms with Gasteiger partial charge in [0.1, 0.15) is 4.21 Å². The normalized spacial score (nSPS) is 12.0. The van der Waals surface area contributed by atoms with Gasteiger partial charge in [0.05, 0.1) is 17.1 Å². The van der Waals surface area contributed by atoms with Gasteiger partial charge in [-0.15, -0.1) is 11.3 Å². The predicted molar refractivity (Wildman–Crippen MR) is 100 cm³/mol. The van der Waals surface area contributed by atoms with Crippen molar-refractivity contribution in [3.05, 3.63) is 40.8 Å². The molecule has 3 N–H and O–H groups in total. The van der Waals surface area contributed by atoms with Crippen LogP contribution in [0.1, 0.15) is 17.4 Å². The molecule has 11 heteroatoms. The van der Waals surface area contributed by atoms with Gasteiger partial charge in [-0.2, -0.15) is 0 Å². The third kappa shape index (κ3) is 4.81. The Kier molecular flexibility index (Phi) is 6.06. The molecule has 0 saturated heterocycles. The van der Waals surface area contributed by atoms with Crippen molar-refractivity contribution >= 4 is 43.0 Å². The van der Waals surface area contributed by atoms with Crippen LogP contribution in [0.2, 0.25) is 0 Å². The summed E-state index contributed by atoms with van der Waals surface area (Å²) in [4.78, 5) is 11.6. The molecule has 0 spiro atoms. The monoisotopic (exact) mass is 417 g/mol. The van der Waals surface area contributed by atoms with Gasteiger partial charge < -0.3 is 5.32 Å². The number of anilines is 1. The van der Waals surface area contributed by atoms with E-state index in [1.807, 2.05) is 0 Å². The largest absolute Gasteiger partial charge is 0.351 e. The molecule has 0 atom stereocenters. The Morgan fingerprint density at radius 3 is 2.38 bits per heavy atom. The molecule has 1 heterocycles. The second-order valence-electron chi connectivity index (χ2n) is 5.42.